The lowest BCUT2D eigenvalue weighted by atomic mass is 10.1. The first kappa shape index (κ1) is 17.8. The van der Waals surface area contributed by atoms with Gasteiger partial charge in [-0.15, -0.1) is 0 Å². The molecule has 1 aromatic heterocycles. The Morgan fingerprint density at radius 3 is 2.25 bits per heavy atom. The van der Waals surface area contributed by atoms with Gasteiger partial charge in [0.1, 0.15) is 11.3 Å². The molecule has 1 aliphatic rings. The number of fused-ring (bicyclic) bond motifs is 1. The summed E-state index contributed by atoms with van der Waals surface area (Å²) in [4.78, 5) is 23.2. The van der Waals surface area contributed by atoms with Crippen molar-refractivity contribution in [2.45, 2.75) is 32.7 Å². The van der Waals surface area contributed by atoms with Gasteiger partial charge in [0.05, 0.1) is 10.9 Å². The Kier molecular flexibility index (Phi) is 4.86. The molecule has 0 atom stereocenters. The SMILES string of the molecule is CC.CNc1c(F)c(F)c2c(=O)c(C(=O)O)cn(C3CC3)c2c1F. The minimum Gasteiger partial charge on any atom is -0.477 e. The van der Waals surface area contributed by atoms with Crippen LogP contribution in [0.4, 0.5) is 18.9 Å². The summed E-state index contributed by atoms with van der Waals surface area (Å²) in [5.41, 5.74) is -3.06. The first-order chi connectivity index (χ1) is 11.4. The number of carboxylic acid groups (broad SMARTS) is 1. The van der Waals surface area contributed by atoms with Crippen molar-refractivity contribution in [3.05, 3.63) is 39.4 Å². The number of hydrogen-bond donors (Lipinski definition) is 2. The van der Waals surface area contributed by atoms with Crippen molar-refractivity contribution >= 4 is 22.6 Å². The predicted molar refractivity (Wildman–Crippen MR) is 84.2 cm³/mol. The molecule has 0 aliphatic heterocycles. The van der Waals surface area contributed by atoms with Gasteiger partial charge in [-0.25, -0.2) is 18.0 Å². The summed E-state index contributed by atoms with van der Waals surface area (Å²) in [6.07, 6.45) is 2.28. The molecule has 0 unspecified atom stereocenters. The van der Waals surface area contributed by atoms with E-state index in [1.54, 1.807) is 0 Å². The van der Waals surface area contributed by atoms with Gasteiger partial charge in [-0.05, 0) is 12.8 Å². The number of carboxylic acids is 1. The first-order valence-electron chi connectivity index (χ1n) is 7.54. The number of carbonyl (C=O) groups is 1. The molecule has 0 saturated heterocycles. The zero-order valence-electron chi connectivity index (χ0n) is 13.4. The summed E-state index contributed by atoms with van der Waals surface area (Å²) >= 11 is 0. The van der Waals surface area contributed by atoms with Crippen molar-refractivity contribution in [3.63, 3.8) is 0 Å². The normalized spacial score (nSPS) is 13.4. The molecule has 5 nitrogen and oxygen atoms in total. The van der Waals surface area contributed by atoms with Crippen molar-refractivity contribution in [1.29, 1.82) is 0 Å². The molecule has 0 amide bonds. The zero-order chi connectivity index (χ0) is 18.2. The number of halogens is 3. The third-order valence-electron chi connectivity index (χ3n) is 3.71. The number of aromatic carboxylic acids is 1. The highest BCUT2D eigenvalue weighted by molar-refractivity contribution is 5.94. The molecule has 24 heavy (non-hydrogen) atoms. The lowest BCUT2D eigenvalue weighted by Gasteiger charge is -2.15. The molecule has 3 rings (SSSR count). The van der Waals surface area contributed by atoms with Gasteiger partial charge in [0.25, 0.3) is 0 Å². The molecule has 1 saturated carbocycles. The van der Waals surface area contributed by atoms with E-state index in [0.717, 1.165) is 6.20 Å². The van der Waals surface area contributed by atoms with Crippen LogP contribution in [0.1, 0.15) is 43.1 Å². The lowest BCUT2D eigenvalue weighted by Crippen LogP contribution is -2.21. The molecular formula is C16H17F3N2O3. The minimum absolute atomic E-state index is 0.231. The van der Waals surface area contributed by atoms with E-state index < -0.39 is 51.0 Å². The number of nitrogens with one attached hydrogen (secondary N) is 1. The predicted octanol–water partition coefficient (Wildman–Crippen LogP) is 3.52. The van der Waals surface area contributed by atoms with Crippen molar-refractivity contribution in [3.8, 4) is 0 Å². The second-order valence-electron chi connectivity index (χ2n) is 5.11. The average Bonchev–Trinajstić information content (AvgIpc) is 3.39. The summed E-state index contributed by atoms with van der Waals surface area (Å²) < 4.78 is 43.8. The van der Waals surface area contributed by atoms with E-state index in [0.29, 0.717) is 12.8 Å². The Morgan fingerprint density at radius 1 is 1.21 bits per heavy atom. The highest BCUT2D eigenvalue weighted by Crippen LogP contribution is 2.39. The van der Waals surface area contributed by atoms with Crippen molar-refractivity contribution < 1.29 is 23.1 Å². The van der Waals surface area contributed by atoms with E-state index in [4.69, 9.17) is 5.11 Å². The van der Waals surface area contributed by atoms with E-state index in [1.165, 1.54) is 11.6 Å². The van der Waals surface area contributed by atoms with Crippen LogP contribution in [-0.2, 0) is 0 Å². The summed E-state index contributed by atoms with van der Waals surface area (Å²) in [6, 6.07) is -0.231. The van der Waals surface area contributed by atoms with Crippen LogP contribution >= 0.6 is 0 Å². The van der Waals surface area contributed by atoms with E-state index in [9.17, 15) is 22.8 Å². The molecule has 2 N–H and O–H groups in total. The Balaban J connectivity index is 0.00000100. The summed E-state index contributed by atoms with van der Waals surface area (Å²) in [6.45, 7) is 4.00. The highest BCUT2D eigenvalue weighted by atomic mass is 19.2. The van der Waals surface area contributed by atoms with Crippen molar-refractivity contribution in [1.82, 2.24) is 4.57 Å². The number of hydrogen-bond acceptors (Lipinski definition) is 3. The fourth-order valence-corrected chi connectivity index (χ4v) is 2.51. The topological polar surface area (TPSA) is 71.3 Å². The highest BCUT2D eigenvalue weighted by Gasteiger charge is 2.32. The molecule has 0 bridgehead atoms. The van der Waals surface area contributed by atoms with Gasteiger partial charge in [0.15, 0.2) is 17.5 Å². The smallest absolute Gasteiger partial charge is 0.341 e. The molecule has 0 radical (unpaired) electrons. The van der Waals surface area contributed by atoms with Gasteiger partial charge in [-0.1, -0.05) is 13.8 Å². The number of anilines is 1. The van der Waals surface area contributed by atoms with Crippen LogP contribution in [0.2, 0.25) is 0 Å². The summed E-state index contributed by atoms with van der Waals surface area (Å²) in [5, 5.41) is 10.4. The Hall–Kier alpha value is -2.51. The molecule has 1 heterocycles. The third kappa shape index (κ3) is 2.61. The van der Waals surface area contributed by atoms with Gasteiger partial charge in [-0.3, -0.25) is 4.79 Å². The zero-order valence-corrected chi connectivity index (χ0v) is 13.4. The van der Waals surface area contributed by atoms with Gasteiger partial charge < -0.3 is 15.0 Å². The molecule has 8 heteroatoms. The van der Waals surface area contributed by atoms with E-state index >= 15 is 0 Å². The van der Waals surface area contributed by atoms with Crippen LogP contribution in [0.25, 0.3) is 10.9 Å². The van der Waals surface area contributed by atoms with Crippen LogP contribution in [0.15, 0.2) is 11.0 Å². The Labute approximate surface area is 135 Å². The van der Waals surface area contributed by atoms with Crippen LogP contribution < -0.4 is 10.7 Å². The van der Waals surface area contributed by atoms with Crippen LogP contribution in [0.3, 0.4) is 0 Å². The van der Waals surface area contributed by atoms with Crippen LogP contribution in [-0.4, -0.2) is 22.7 Å². The fourth-order valence-electron chi connectivity index (χ4n) is 2.51. The van der Waals surface area contributed by atoms with Gasteiger partial charge in [0, 0.05) is 19.3 Å². The third-order valence-corrected chi connectivity index (χ3v) is 3.71. The number of benzene rings is 1. The quantitative estimate of drug-likeness (QED) is 0.837. The lowest BCUT2D eigenvalue weighted by molar-refractivity contribution is 0.0695. The molecule has 0 spiro atoms. The van der Waals surface area contributed by atoms with E-state index in [-0.39, 0.29) is 6.04 Å². The average molecular weight is 342 g/mol. The van der Waals surface area contributed by atoms with E-state index in [2.05, 4.69) is 5.32 Å². The molecule has 1 aromatic carbocycles. The first-order valence-corrected chi connectivity index (χ1v) is 7.54. The standard InChI is InChI=1S/C14H11F3N2O3.C2H6/c1-18-11-9(16)8(15)7-12(10(11)17)19(5-2-3-5)4-6(13(7)20)14(21)22;1-2/h4-5,18H,2-3H2,1H3,(H,21,22);1-2H3. The van der Waals surface area contributed by atoms with Crippen LogP contribution in [0, 0.1) is 17.5 Å². The number of pyridine rings is 1. The maximum absolute atomic E-state index is 14.5. The van der Waals surface area contributed by atoms with Crippen molar-refractivity contribution in [2.75, 3.05) is 12.4 Å². The fraction of sp³-hybridized carbons (Fsp3) is 0.375. The second-order valence-corrected chi connectivity index (χ2v) is 5.11. The number of aromatic nitrogens is 1. The van der Waals surface area contributed by atoms with E-state index in [1.807, 2.05) is 13.8 Å². The van der Waals surface area contributed by atoms with Crippen molar-refractivity contribution in [2.24, 2.45) is 0 Å². The number of rotatable bonds is 3. The van der Waals surface area contributed by atoms with Crippen LogP contribution in [0.5, 0.6) is 0 Å². The minimum atomic E-state index is -1.57. The second kappa shape index (κ2) is 6.54. The molecule has 1 fully saturated rings. The largest absolute Gasteiger partial charge is 0.477 e. The number of nitrogens with zero attached hydrogens (tertiary/aromatic N) is 1. The maximum atomic E-state index is 14.5. The maximum Gasteiger partial charge on any atom is 0.341 e. The van der Waals surface area contributed by atoms with Gasteiger partial charge in [0.2, 0.25) is 5.43 Å². The Bertz CT molecular complexity index is 873. The molecule has 1 aliphatic carbocycles. The summed E-state index contributed by atoms with van der Waals surface area (Å²) in [7, 11) is 1.22. The van der Waals surface area contributed by atoms with Gasteiger partial charge in [-0.2, -0.15) is 0 Å². The van der Waals surface area contributed by atoms with Gasteiger partial charge >= 0.3 is 5.97 Å². The summed E-state index contributed by atoms with van der Waals surface area (Å²) in [5.74, 6) is -5.78. The molecule has 130 valence electrons. The molecular weight excluding hydrogens is 325 g/mol. The molecule has 2 aromatic rings. The Morgan fingerprint density at radius 2 is 1.79 bits per heavy atom. The monoisotopic (exact) mass is 342 g/mol.